The minimum atomic E-state index is -0.119. The summed E-state index contributed by atoms with van der Waals surface area (Å²) in [7, 11) is 1.78. The normalized spacial score (nSPS) is 16.8. The fourth-order valence-electron chi connectivity index (χ4n) is 3.47. The van der Waals surface area contributed by atoms with E-state index < -0.39 is 0 Å². The largest absolute Gasteiger partial charge is 0.381 e. The van der Waals surface area contributed by atoms with Crippen LogP contribution in [-0.4, -0.2) is 37.7 Å². The third-order valence-corrected chi connectivity index (χ3v) is 6.87. The Hall–Kier alpha value is -1.34. The molecule has 0 unspecified atom stereocenters. The zero-order chi connectivity index (χ0) is 20.1. The van der Waals surface area contributed by atoms with Gasteiger partial charge in [-0.3, -0.25) is 4.99 Å². The topological polar surface area (TPSA) is 58.5 Å². The molecule has 1 aliphatic heterocycles. The van der Waals surface area contributed by atoms with Crippen LogP contribution in [-0.2, 0) is 16.7 Å². The van der Waals surface area contributed by atoms with Gasteiger partial charge < -0.3 is 15.4 Å². The van der Waals surface area contributed by atoms with Gasteiger partial charge in [0.2, 0.25) is 0 Å². The van der Waals surface area contributed by atoms with E-state index in [2.05, 4.69) is 27.5 Å². The highest BCUT2D eigenvalue weighted by Gasteiger charge is 2.36. The SMILES string of the molecule is CN=C(NCc1nc(C)c(C)s1)NCC1(c2ccc(Cl)cc2Cl)CCOCC1. The van der Waals surface area contributed by atoms with Gasteiger partial charge in [-0.1, -0.05) is 29.3 Å². The second-order valence-electron chi connectivity index (χ2n) is 7.05. The molecule has 1 aromatic heterocycles. The van der Waals surface area contributed by atoms with Gasteiger partial charge in [0.15, 0.2) is 5.96 Å². The molecule has 152 valence electrons. The van der Waals surface area contributed by atoms with Gasteiger partial charge in [-0.2, -0.15) is 0 Å². The molecular formula is C20H26Cl2N4OS. The Morgan fingerprint density at radius 2 is 2.00 bits per heavy atom. The Kier molecular flexibility index (Phi) is 7.20. The molecule has 1 aromatic carbocycles. The van der Waals surface area contributed by atoms with Crippen LogP contribution in [0.2, 0.25) is 10.0 Å². The number of halogens is 2. The minimum Gasteiger partial charge on any atom is -0.381 e. The maximum absolute atomic E-state index is 6.55. The van der Waals surface area contributed by atoms with Gasteiger partial charge in [0, 0.05) is 47.1 Å². The highest BCUT2D eigenvalue weighted by Crippen LogP contribution is 2.39. The third kappa shape index (κ3) is 4.98. The number of aliphatic imine (C=N–C) groups is 1. The number of thiazole rings is 1. The van der Waals surface area contributed by atoms with E-state index >= 15 is 0 Å². The van der Waals surface area contributed by atoms with Crippen LogP contribution in [0.25, 0.3) is 0 Å². The molecule has 3 rings (SSSR count). The zero-order valence-electron chi connectivity index (χ0n) is 16.4. The summed E-state index contributed by atoms with van der Waals surface area (Å²) in [6.45, 7) is 6.92. The molecule has 1 fully saturated rings. The number of nitrogens with one attached hydrogen (secondary N) is 2. The first-order valence-corrected chi connectivity index (χ1v) is 10.9. The molecule has 5 nitrogen and oxygen atoms in total. The Morgan fingerprint density at radius 3 is 2.61 bits per heavy atom. The maximum atomic E-state index is 6.55. The molecule has 0 aliphatic carbocycles. The zero-order valence-corrected chi connectivity index (χ0v) is 18.8. The minimum absolute atomic E-state index is 0.119. The van der Waals surface area contributed by atoms with E-state index in [1.807, 2.05) is 25.1 Å². The van der Waals surface area contributed by atoms with E-state index in [0.717, 1.165) is 35.1 Å². The highest BCUT2D eigenvalue weighted by molar-refractivity contribution is 7.11. The van der Waals surface area contributed by atoms with E-state index in [0.29, 0.717) is 36.3 Å². The summed E-state index contributed by atoms with van der Waals surface area (Å²) in [6.07, 6.45) is 1.78. The van der Waals surface area contributed by atoms with Crippen molar-refractivity contribution in [3.63, 3.8) is 0 Å². The number of guanidine groups is 1. The highest BCUT2D eigenvalue weighted by atomic mass is 35.5. The van der Waals surface area contributed by atoms with Crippen LogP contribution in [0.1, 0.15) is 34.0 Å². The van der Waals surface area contributed by atoms with Crippen LogP contribution in [0.5, 0.6) is 0 Å². The predicted octanol–water partition coefficient (Wildman–Crippen LogP) is 4.48. The number of nitrogens with zero attached hydrogens (tertiary/aromatic N) is 2. The number of aryl methyl sites for hydroxylation is 2. The van der Waals surface area contributed by atoms with Crippen LogP contribution in [0.15, 0.2) is 23.2 Å². The van der Waals surface area contributed by atoms with Gasteiger partial charge in [0.05, 0.1) is 12.2 Å². The molecule has 0 atom stereocenters. The third-order valence-electron chi connectivity index (χ3n) is 5.25. The number of aromatic nitrogens is 1. The van der Waals surface area contributed by atoms with Crippen molar-refractivity contribution in [3.8, 4) is 0 Å². The molecule has 0 spiro atoms. The molecule has 2 N–H and O–H groups in total. The van der Waals surface area contributed by atoms with Crippen molar-refractivity contribution in [1.82, 2.24) is 15.6 Å². The Morgan fingerprint density at radius 1 is 1.25 bits per heavy atom. The van der Waals surface area contributed by atoms with E-state index in [-0.39, 0.29) is 5.41 Å². The number of hydrogen-bond acceptors (Lipinski definition) is 4. The summed E-state index contributed by atoms with van der Waals surface area (Å²) in [6, 6.07) is 5.75. The lowest BCUT2D eigenvalue weighted by Crippen LogP contribution is -2.48. The molecule has 2 heterocycles. The lowest BCUT2D eigenvalue weighted by Gasteiger charge is -2.38. The van der Waals surface area contributed by atoms with Gasteiger partial charge >= 0.3 is 0 Å². The summed E-state index contributed by atoms with van der Waals surface area (Å²) in [5.74, 6) is 0.751. The monoisotopic (exact) mass is 440 g/mol. The maximum Gasteiger partial charge on any atom is 0.191 e. The van der Waals surface area contributed by atoms with Crippen molar-refractivity contribution in [2.45, 2.75) is 38.6 Å². The predicted molar refractivity (Wildman–Crippen MR) is 118 cm³/mol. The van der Waals surface area contributed by atoms with Gasteiger partial charge in [0.25, 0.3) is 0 Å². The number of benzene rings is 1. The fraction of sp³-hybridized carbons (Fsp3) is 0.500. The number of hydrogen-bond donors (Lipinski definition) is 2. The van der Waals surface area contributed by atoms with Crippen LogP contribution >= 0.6 is 34.5 Å². The van der Waals surface area contributed by atoms with E-state index in [4.69, 9.17) is 27.9 Å². The number of ether oxygens (including phenoxy) is 1. The van der Waals surface area contributed by atoms with Gasteiger partial charge in [0.1, 0.15) is 5.01 Å². The molecular weight excluding hydrogens is 415 g/mol. The van der Waals surface area contributed by atoms with Crippen molar-refractivity contribution < 1.29 is 4.74 Å². The van der Waals surface area contributed by atoms with Crippen LogP contribution in [0.3, 0.4) is 0 Å². The van der Waals surface area contributed by atoms with Gasteiger partial charge in [-0.05, 0) is 44.4 Å². The standard InChI is InChI=1S/C20H26Cl2N4OS/c1-13-14(2)28-18(26-13)11-24-19(23-3)25-12-20(6-8-27-9-7-20)16-5-4-15(21)10-17(16)22/h4-5,10H,6-9,11-12H2,1-3H3,(H2,23,24,25). The molecule has 0 saturated carbocycles. The molecule has 1 aliphatic rings. The molecule has 1 saturated heterocycles. The Balaban J connectivity index is 1.70. The van der Waals surface area contributed by atoms with Gasteiger partial charge in [-0.15, -0.1) is 11.3 Å². The summed E-state index contributed by atoms with van der Waals surface area (Å²) in [4.78, 5) is 10.2. The average molecular weight is 441 g/mol. The second kappa shape index (κ2) is 9.44. The first-order chi connectivity index (χ1) is 13.4. The average Bonchev–Trinajstić information content (AvgIpc) is 3.00. The molecule has 2 aromatic rings. The van der Waals surface area contributed by atoms with Crippen molar-refractivity contribution in [1.29, 1.82) is 0 Å². The van der Waals surface area contributed by atoms with E-state index in [1.54, 1.807) is 18.4 Å². The first-order valence-electron chi connectivity index (χ1n) is 9.34. The molecule has 8 heteroatoms. The van der Waals surface area contributed by atoms with Crippen molar-refractivity contribution >= 4 is 40.5 Å². The van der Waals surface area contributed by atoms with E-state index in [9.17, 15) is 0 Å². The first kappa shape index (κ1) is 21.4. The lowest BCUT2D eigenvalue weighted by atomic mass is 9.74. The Labute approximate surface area is 180 Å². The van der Waals surface area contributed by atoms with Crippen molar-refractivity contribution in [2.24, 2.45) is 4.99 Å². The fourth-order valence-corrected chi connectivity index (χ4v) is 4.95. The van der Waals surface area contributed by atoms with Gasteiger partial charge in [-0.25, -0.2) is 4.98 Å². The molecule has 28 heavy (non-hydrogen) atoms. The Bertz CT molecular complexity index is 827. The lowest BCUT2D eigenvalue weighted by molar-refractivity contribution is 0.0514. The smallest absolute Gasteiger partial charge is 0.191 e. The van der Waals surface area contributed by atoms with Crippen molar-refractivity contribution in [3.05, 3.63) is 49.4 Å². The van der Waals surface area contributed by atoms with Crippen LogP contribution in [0, 0.1) is 13.8 Å². The summed E-state index contributed by atoms with van der Waals surface area (Å²) in [5, 5.41) is 9.25. The molecule has 0 radical (unpaired) electrons. The quantitative estimate of drug-likeness (QED) is 0.531. The van der Waals surface area contributed by atoms with E-state index in [1.165, 1.54) is 4.88 Å². The number of rotatable bonds is 5. The molecule has 0 bridgehead atoms. The summed E-state index contributed by atoms with van der Waals surface area (Å²) in [5.41, 5.74) is 2.07. The van der Waals surface area contributed by atoms with Crippen LogP contribution in [0.4, 0.5) is 0 Å². The van der Waals surface area contributed by atoms with Crippen LogP contribution < -0.4 is 10.6 Å². The van der Waals surface area contributed by atoms with Crippen molar-refractivity contribution in [2.75, 3.05) is 26.8 Å². The summed E-state index contributed by atoms with van der Waals surface area (Å²) < 4.78 is 5.61. The summed E-state index contributed by atoms with van der Waals surface area (Å²) >= 11 is 14.4. The second-order valence-corrected chi connectivity index (χ2v) is 9.18. The molecule has 0 amide bonds.